The van der Waals surface area contributed by atoms with E-state index in [1.54, 1.807) is 12.1 Å². The van der Waals surface area contributed by atoms with Crippen LogP contribution in [0.4, 0.5) is 8.78 Å². The van der Waals surface area contributed by atoms with E-state index in [1.807, 2.05) is 13.8 Å². The van der Waals surface area contributed by atoms with Crippen LogP contribution in [0, 0.1) is 23.2 Å². The summed E-state index contributed by atoms with van der Waals surface area (Å²) >= 11 is 0. The van der Waals surface area contributed by atoms with Crippen molar-refractivity contribution in [2.45, 2.75) is 39.5 Å². The van der Waals surface area contributed by atoms with Gasteiger partial charge in [-0.15, -0.1) is 0 Å². The van der Waals surface area contributed by atoms with E-state index in [4.69, 9.17) is 5.26 Å². The van der Waals surface area contributed by atoms with Gasteiger partial charge in [0.1, 0.15) is 0 Å². The highest BCUT2D eigenvalue weighted by Gasteiger charge is 2.35. The maximum absolute atomic E-state index is 13.9. The summed E-state index contributed by atoms with van der Waals surface area (Å²) in [5.74, 6) is -3.84. The second-order valence-corrected chi connectivity index (χ2v) is 5.25. The van der Waals surface area contributed by atoms with E-state index in [-0.39, 0.29) is 17.4 Å². The maximum Gasteiger partial charge on any atom is 0.275 e. The fourth-order valence-electron chi connectivity index (χ4n) is 1.88. The van der Waals surface area contributed by atoms with E-state index in [9.17, 15) is 8.78 Å². The first-order chi connectivity index (χ1) is 8.30. The van der Waals surface area contributed by atoms with Crippen LogP contribution in [0.3, 0.4) is 0 Å². The quantitative estimate of drug-likeness (QED) is 0.761. The first-order valence-electron chi connectivity index (χ1n) is 6.18. The molecule has 0 aliphatic carbocycles. The fraction of sp³-hybridized carbons (Fsp3) is 0.533. The highest BCUT2D eigenvalue weighted by molar-refractivity contribution is 5.32. The third kappa shape index (κ3) is 2.87. The Morgan fingerprint density at radius 1 is 1.17 bits per heavy atom. The first kappa shape index (κ1) is 14.6. The Bertz CT molecular complexity index is 444. The van der Waals surface area contributed by atoms with Crippen LogP contribution in [0.5, 0.6) is 0 Å². The van der Waals surface area contributed by atoms with Gasteiger partial charge in [0.25, 0.3) is 5.92 Å². The van der Waals surface area contributed by atoms with E-state index >= 15 is 0 Å². The van der Waals surface area contributed by atoms with Gasteiger partial charge < -0.3 is 0 Å². The Morgan fingerprint density at radius 3 is 2.22 bits per heavy atom. The molecule has 1 rings (SSSR count). The van der Waals surface area contributed by atoms with Crippen molar-refractivity contribution < 1.29 is 8.78 Å². The van der Waals surface area contributed by atoms with Crippen molar-refractivity contribution in [3.8, 4) is 6.07 Å². The standard InChI is InChI=1S/C15H19F2N/c1-10(2)14(9-18)12-6-5-7-13(8-12)15(16,17)11(3)4/h5-8,10-11,14H,1-4H3. The number of alkyl halides is 2. The molecule has 0 saturated heterocycles. The van der Waals surface area contributed by atoms with Crippen molar-refractivity contribution in [2.24, 2.45) is 11.8 Å². The molecule has 0 fully saturated rings. The van der Waals surface area contributed by atoms with Gasteiger partial charge in [-0.05, 0) is 17.5 Å². The van der Waals surface area contributed by atoms with Gasteiger partial charge in [-0.1, -0.05) is 45.9 Å². The summed E-state index contributed by atoms with van der Waals surface area (Å²) in [6.07, 6.45) is 0. The monoisotopic (exact) mass is 251 g/mol. The second kappa shape index (κ2) is 5.48. The lowest BCUT2D eigenvalue weighted by molar-refractivity contribution is -0.0514. The van der Waals surface area contributed by atoms with Crippen LogP contribution in [-0.4, -0.2) is 0 Å². The number of halogens is 2. The molecule has 0 aliphatic rings. The number of hydrogen-bond acceptors (Lipinski definition) is 1. The lowest BCUT2D eigenvalue weighted by atomic mass is 9.87. The molecule has 0 radical (unpaired) electrons. The third-order valence-corrected chi connectivity index (χ3v) is 3.16. The highest BCUT2D eigenvalue weighted by Crippen LogP contribution is 2.37. The smallest absolute Gasteiger partial charge is 0.201 e. The SMILES string of the molecule is CC(C)C(C#N)c1cccc(C(F)(F)C(C)C)c1. The van der Waals surface area contributed by atoms with Crippen LogP contribution >= 0.6 is 0 Å². The Hall–Kier alpha value is -1.43. The molecule has 98 valence electrons. The number of nitriles is 1. The third-order valence-electron chi connectivity index (χ3n) is 3.16. The van der Waals surface area contributed by atoms with Gasteiger partial charge in [0.05, 0.1) is 12.0 Å². The molecule has 0 heterocycles. The molecule has 0 aromatic heterocycles. The zero-order chi connectivity index (χ0) is 13.9. The minimum Gasteiger partial charge on any atom is -0.201 e. The highest BCUT2D eigenvalue weighted by atomic mass is 19.3. The van der Waals surface area contributed by atoms with E-state index in [0.29, 0.717) is 5.56 Å². The van der Waals surface area contributed by atoms with Gasteiger partial charge in [0.2, 0.25) is 0 Å². The van der Waals surface area contributed by atoms with Crippen LogP contribution in [0.25, 0.3) is 0 Å². The van der Waals surface area contributed by atoms with Crippen LogP contribution in [0.1, 0.15) is 44.7 Å². The molecule has 1 aromatic rings. The molecule has 0 N–H and O–H groups in total. The molecule has 1 aromatic carbocycles. The van der Waals surface area contributed by atoms with Gasteiger partial charge >= 0.3 is 0 Å². The summed E-state index contributed by atoms with van der Waals surface area (Å²) in [5.41, 5.74) is 0.668. The predicted octanol–water partition coefficient (Wildman–Crippen LogP) is 4.70. The lowest BCUT2D eigenvalue weighted by Crippen LogP contribution is -2.21. The van der Waals surface area contributed by atoms with Crippen molar-refractivity contribution in [1.82, 2.24) is 0 Å². The Kier molecular flexibility index (Phi) is 4.45. The van der Waals surface area contributed by atoms with E-state index in [0.717, 1.165) is 0 Å². The molecule has 1 atom stereocenters. The molecule has 1 nitrogen and oxygen atoms in total. The van der Waals surface area contributed by atoms with Crippen molar-refractivity contribution in [3.63, 3.8) is 0 Å². The summed E-state index contributed by atoms with van der Waals surface area (Å²) in [5, 5.41) is 9.12. The molecule has 18 heavy (non-hydrogen) atoms. The summed E-state index contributed by atoms with van der Waals surface area (Å²) in [7, 11) is 0. The zero-order valence-corrected chi connectivity index (χ0v) is 11.2. The normalized spacial score (nSPS) is 13.7. The largest absolute Gasteiger partial charge is 0.275 e. The Labute approximate surface area is 107 Å². The molecule has 0 aliphatic heterocycles. The summed E-state index contributed by atoms with van der Waals surface area (Å²) in [4.78, 5) is 0. The van der Waals surface area contributed by atoms with Crippen molar-refractivity contribution >= 4 is 0 Å². The molecular formula is C15H19F2N. The number of nitrogens with zero attached hydrogens (tertiary/aromatic N) is 1. The van der Waals surface area contributed by atoms with Gasteiger partial charge in [0, 0.05) is 11.5 Å². The van der Waals surface area contributed by atoms with E-state index < -0.39 is 11.8 Å². The summed E-state index contributed by atoms with van der Waals surface area (Å²) in [6.45, 7) is 6.83. The number of rotatable bonds is 4. The minimum absolute atomic E-state index is 0.00380. The van der Waals surface area contributed by atoms with Crippen LogP contribution in [0.15, 0.2) is 24.3 Å². The van der Waals surface area contributed by atoms with Crippen molar-refractivity contribution in [1.29, 1.82) is 5.26 Å². The average Bonchev–Trinajstić information content (AvgIpc) is 2.29. The maximum atomic E-state index is 13.9. The van der Waals surface area contributed by atoms with Gasteiger partial charge in [-0.25, -0.2) is 8.78 Å². The van der Waals surface area contributed by atoms with Gasteiger partial charge in [0.15, 0.2) is 0 Å². The topological polar surface area (TPSA) is 23.8 Å². The number of hydrogen-bond donors (Lipinski definition) is 0. The van der Waals surface area contributed by atoms with Gasteiger partial charge in [-0.2, -0.15) is 5.26 Å². The van der Waals surface area contributed by atoms with E-state index in [2.05, 4.69) is 6.07 Å². The Balaban J connectivity index is 3.18. The fourth-order valence-corrected chi connectivity index (χ4v) is 1.88. The Morgan fingerprint density at radius 2 is 1.78 bits per heavy atom. The lowest BCUT2D eigenvalue weighted by Gasteiger charge is -2.22. The molecule has 0 amide bonds. The first-order valence-corrected chi connectivity index (χ1v) is 6.18. The van der Waals surface area contributed by atoms with Crippen molar-refractivity contribution in [3.05, 3.63) is 35.4 Å². The van der Waals surface area contributed by atoms with Crippen LogP contribution in [0.2, 0.25) is 0 Å². The summed E-state index contributed by atoms with van der Waals surface area (Å²) in [6, 6.07) is 8.42. The molecule has 1 unspecified atom stereocenters. The van der Waals surface area contributed by atoms with Crippen molar-refractivity contribution in [2.75, 3.05) is 0 Å². The van der Waals surface area contributed by atoms with Crippen LogP contribution < -0.4 is 0 Å². The molecule has 0 bridgehead atoms. The molecule has 0 saturated carbocycles. The summed E-state index contributed by atoms with van der Waals surface area (Å²) < 4.78 is 27.9. The average molecular weight is 251 g/mol. The van der Waals surface area contributed by atoms with E-state index in [1.165, 1.54) is 26.0 Å². The minimum atomic E-state index is -2.85. The number of benzene rings is 1. The molecule has 3 heteroatoms. The van der Waals surface area contributed by atoms with Gasteiger partial charge in [-0.3, -0.25) is 0 Å². The predicted molar refractivity (Wildman–Crippen MR) is 68.4 cm³/mol. The second-order valence-electron chi connectivity index (χ2n) is 5.25. The van der Waals surface area contributed by atoms with Crippen LogP contribution in [-0.2, 0) is 5.92 Å². The molecule has 0 spiro atoms. The molecular weight excluding hydrogens is 232 g/mol. The zero-order valence-electron chi connectivity index (χ0n) is 11.2.